The summed E-state index contributed by atoms with van der Waals surface area (Å²) >= 11 is 0. The lowest BCUT2D eigenvalue weighted by Gasteiger charge is -2.36. The topological polar surface area (TPSA) is 43.3 Å². The fraction of sp³-hybridized carbons (Fsp3) is 0.696. The fourth-order valence-corrected chi connectivity index (χ4v) is 4.86. The standard InChI is InChI=1S/C23H37N5O.HI/c1-2-24-23(25-11-8-14-26-12-6-7-13-26)28-18-21-22(19-28)29-16-15-27(21)17-20-9-4-3-5-10-20;/h3-5,9-10,21-22H,2,6-8,11-19H2,1H3,(H,24,25);1H. The Labute approximate surface area is 199 Å². The van der Waals surface area contributed by atoms with Crippen LogP contribution in [0.3, 0.4) is 0 Å². The lowest BCUT2D eigenvalue weighted by molar-refractivity contribution is -0.0502. The average Bonchev–Trinajstić information content (AvgIpc) is 3.41. The van der Waals surface area contributed by atoms with Crippen LogP contribution in [0.15, 0.2) is 35.3 Å². The van der Waals surface area contributed by atoms with Gasteiger partial charge in [0.25, 0.3) is 0 Å². The minimum atomic E-state index is 0. The first-order valence-corrected chi connectivity index (χ1v) is 11.5. The van der Waals surface area contributed by atoms with Crippen molar-refractivity contribution < 1.29 is 4.74 Å². The van der Waals surface area contributed by atoms with Crippen LogP contribution in [-0.4, -0.2) is 91.8 Å². The van der Waals surface area contributed by atoms with Gasteiger partial charge in [-0.05, 0) is 51.4 Å². The van der Waals surface area contributed by atoms with E-state index in [-0.39, 0.29) is 30.1 Å². The largest absolute Gasteiger partial charge is 0.373 e. The molecule has 7 heteroatoms. The number of likely N-dealkylation sites (tertiary alicyclic amines) is 2. The van der Waals surface area contributed by atoms with Crippen molar-refractivity contribution >= 4 is 29.9 Å². The van der Waals surface area contributed by atoms with Crippen molar-refractivity contribution in [2.45, 2.75) is 44.9 Å². The molecule has 0 amide bonds. The number of fused-ring (bicyclic) bond motifs is 1. The molecule has 1 aromatic rings. The van der Waals surface area contributed by atoms with Crippen LogP contribution < -0.4 is 5.32 Å². The fourth-order valence-electron chi connectivity index (χ4n) is 4.86. The van der Waals surface area contributed by atoms with Gasteiger partial charge in [0.15, 0.2) is 5.96 Å². The van der Waals surface area contributed by atoms with Gasteiger partial charge in [-0.3, -0.25) is 9.89 Å². The van der Waals surface area contributed by atoms with E-state index < -0.39 is 0 Å². The first-order chi connectivity index (χ1) is 14.3. The van der Waals surface area contributed by atoms with E-state index in [1.54, 1.807) is 0 Å². The number of benzene rings is 1. The van der Waals surface area contributed by atoms with Crippen molar-refractivity contribution in [2.75, 3.05) is 59.0 Å². The van der Waals surface area contributed by atoms with Gasteiger partial charge in [0, 0.05) is 39.3 Å². The van der Waals surface area contributed by atoms with Gasteiger partial charge in [0.05, 0.1) is 18.8 Å². The van der Waals surface area contributed by atoms with Gasteiger partial charge in [-0.2, -0.15) is 0 Å². The van der Waals surface area contributed by atoms with Gasteiger partial charge in [-0.1, -0.05) is 30.3 Å². The van der Waals surface area contributed by atoms with Crippen LogP contribution >= 0.6 is 24.0 Å². The Hall–Kier alpha value is -0.900. The summed E-state index contributed by atoms with van der Waals surface area (Å²) in [5, 5.41) is 3.52. The van der Waals surface area contributed by atoms with Crippen molar-refractivity contribution in [3.63, 3.8) is 0 Å². The molecule has 2 unspecified atom stereocenters. The SMILES string of the molecule is CCNC(=NCCCN1CCCC1)N1CC2OCCN(Cc3ccccc3)C2C1.I. The smallest absolute Gasteiger partial charge is 0.194 e. The molecule has 0 bridgehead atoms. The highest BCUT2D eigenvalue weighted by Crippen LogP contribution is 2.24. The highest BCUT2D eigenvalue weighted by molar-refractivity contribution is 14.0. The number of nitrogens with zero attached hydrogens (tertiary/aromatic N) is 4. The third kappa shape index (κ3) is 6.31. The van der Waals surface area contributed by atoms with Crippen molar-refractivity contribution in [2.24, 2.45) is 4.99 Å². The Kier molecular flexibility index (Phi) is 9.67. The monoisotopic (exact) mass is 527 g/mol. The lowest BCUT2D eigenvalue weighted by atomic mass is 10.1. The molecule has 3 fully saturated rings. The summed E-state index contributed by atoms with van der Waals surface area (Å²) in [4.78, 5) is 12.5. The van der Waals surface area contributed by atoms with Crippen molar-refractivity contribution in [1.29, 1.82) is 0 Å². The number of guanidine groups is 1. The Bertz CT molecular complexity index is 652. The number of rotatable bonds is 7. The summed E-state index contributed by atoms with van der Waals surface area (Å²) in [6.45, 7) is 12.5. The average molecular weight is 527 g/mol. The van der Waals surface area contributed by atoms with Gasteiger partial charge in [0.1, 0.15) is 0 Å². The summed E-state index contributed by atoms with van der Waals surface area (Å²) in [6.07, 6.45) is 4.15. The maximum Gasteiger partial charge on any atom is 0.194 e. The molecular formula is C23H38IN5O. The molecule has 3 aliphatic heterocycles. The lowest BCUT2D eigenvalue weighted by Crippen LogP contribution is -2.50. The molecule has 3 heterocycles. The number of morpholine rings is 1. The van der Waals surface area contributed by atoms with E-state index in [4.69, 9.17) is 9.73 Å². The van der Waals surface area contributed by atoms with Gasteiger partial charge in [-0.15, -0.1) is 24.0 Å². The maximum atomic E-state index is 6.15. The predicted molar refractivity (Wildman–Crippen MR) is 134 cm³/mol. The second-order valence-corrected chi connectivity index (χ2v) is 8.48. The summed E-state index contributed by atoms with van der Waals surface area (Å²) in [7, 11) is 0. The van der Waals surface area contributed by atoms with Gasteiger partial charge in [-0.25, -0.2) is 0 Å². The van der Waals surface area contributed by atoms with Crippen LogP contribution in [0, 0.1) is 0 Å². The molecule has 4 rings (SSSR count). The minimum Gasteiger partial charge on any atom is -0.373 e. The molecule has 168 valence electrons. The first kappa shape index (κ1) is 23.8. The van der Waals surface area contributed by atoms with E-state index in [2.05, 4.69) is 57.3 Å². The molecule has 0 saturated carbocycles. The van der Waals surface area contributed by atoms with Crippen molar-refractivity contribution in [3.05, 3.63) is 35.9 Å². The summed E-state index contributed by atoms with van der Waals surface area (Å²) < 4.78 is 6.15. The highest BCUT2D eigenvalue weighted by atomic mass is 127. The third-order valence-electron chi connectivity index (χ3n) is 6.37. The van der Waals surface area contributed by atoms with Gasteiger partial charge < -0.3 is 19.9 Å². The Morgan fingerprint density at radius 2 is 1.93 bits per heavy atom. The van der Waals surface area contributed by atoms with E-state index in [0.717, 1.165) is 58.3 Å². The zero-order valence-corrected chi connectivity index (χ0v) is 20.7. The second kappa shape index (κ2) is 12.2. The van der Waals surface area contributed by atoms with Crippen LogP contribution in [0.4, 0.5) is 0 Å². The molecule has 2 atom stereocenters. The van der Waals surface area contributed by atoms with Crippen molar-refractivity contribution in [3.8, 4) is 0 Å². The molecule has 1 aromatic carbocycles. The number of halogens is 1. The van der Waals surface area contributed by atoms with Crippen molar-refractivity contribution in [1.82, 2.24) is 20.0 Å². The summed E-state index contributed by atoms with van der Waals surface area (Å²) in [5.74, 6) is 1.06. The van der Waals surface area contributed by atoms with Gasteiger partial charge >= 0.3 is 0 Å². The first-order valence-electron chi connectivity index (χ1n) is 11.5. The van der Waals surface area contributed by atoms with E-state index in [0.29, 0.717) is 6.04 Å². The van der Waals surface area contributed by atoms with E-state index in [1.807, 2.05) is 0 Å². The maximum absolute atomic E-state index is 6.15. The quantitative estimate of drug-likeness (QED) is 0.256. The Morgan fingerprint density at radius 1 is 1.13 bits per heavy atom. The molecule has 0 radical (unpaired) electrons. The number of hydrogen-bond donors (Lipinski definition) is 1. The molecule has 0 spiro atoms. The molecule has 1 N–H and O–H groups in total. The van der Waals surface area contributed by atoms with Crippen LogP contribution in [0.2, 0.25) is 0 Å². The van der Waals surface area contributed by atoms with E-state index in [1.165, 1.54) is 38.0 Å². The molecule has 30 heavy (non-hydrogen) atoms. The number of ether oxygens (including phenoxy) is 1. The Morgan fingerprint density at radius 3 is 2.70 bits per heavy atom. The predicted octanol–water partition coefficient (Wildman–Crippen LogP) is 2.64. The minimum absolute atomic E-state index is 0. The molecule has 0 aromatic heterocycles. The zero-order valence-electron chi connectivity index (χ0n) is 18.3. The van der Waals surface area contributed by atoms with E-state index in [9.17, 15) is 0 Å². The van der Waals surface area contributed by atoms with Crippen LogP contribution in [-0.2, 0) is 11.3 Å². The third-order valence-corrected chi connectivity index (χ3v) is 6.37. The second-order valence-electron chi connectivity index (χ2n) is 8.48. The number of nitrogens with one attached hydrogen (secondary N) is 1. The summed E-state index contributed by atoms with van der Waals surface area (Å²) in [6, 6.07) is 11.2. The molecule has 3 saturated heterocycles. The molecule has 6 nitrogen and oxygen atoms in total. The normalized spacial score (nSPS) is 25.2. The van der Waals surface area contributed by atoms with Crippen LogP contribution in [0.5, 0.6) is 0 Å². The number of aliphatic imine (C=N–C) groups is 1. The molecular weight excluding hydrogens is 489 g/mol. The zero-order chi connectivity index (χ0) is 19.9. The van der Waals surface area contributed by atoms with Crippen LogP contribution in [0.25, 0.3) is 0 Å². The molecule has 0 aliphatic carbocycles. The summed E-state index contributed by atoms with van der Waals surface area (Å²) in [5.41, 5.74) is 1.38. The van der Waals surface area contributed by atoms with Gasteiger partial charge in [0.2, 0.25) is 0 Å². The Balaban J connectivity index is 0.00000256. The van der Waals surface area contributed by atoms with Crippen LogP contribution in [0.1, 0.15) is 31.7 Å². The molecule has 3 aliphatic rings. The highest BCUT2D eigenvalue weighted by Gasteiger charge is 2.41. The van der Waals surface area contributed by atoms with E-state index >= 15 is 0 Å². The number of hydrogen-bond acceptors (Lipinski definition) is 4.